The maximum absolute atomic E-state index is 5.27. The van der Waals surface area contributed by atoms with Crippen molar-refractivity contribution in [1.82, 2.24) is 10.3 Å². The number of pyridine rings is 1. The van der Waals surface area contributed by atoms with Gasteiger partial charge < -0.3 is 15.0 Å². The summed E-state index contributed by atoms with van der Waals surface area (Å²) in [6.07, 6.45) is 3.70. The normalized spacial score (nSPS) is 10.3. The molecule has 4 heteroatoms. The summed E-state index contributed by atoms with van der Waals surface area (Å²) in [5.41, 5.74) is 3.39. The van der Waals surface area contributed by atoms with Crippen LogP contribution in [-0.2, 0) is 6.54 Å². The number of anilines is 2. The number of rotatable bonds is 5. The standard InChI is InChI=1S/C15H19N3O/c1-16-10-12-11-17-8-7-15(12)18(2)13-5-4-6-14(9-13)19-3/h4-9,11,16H,10H2,1-3H3. The first-order valence-electron chi connectivity index (χ1n) is 6.21. The monoisotopic (exact) mass is 257 g/mol. The highest BCUT2D eigenvalue weighted by Crippen LogP contribution is 2.28. The maximum Gasteiger partial charge on any atom is 0.120 e. The summed E-state index contributed by atoms with van der Waals surface area (Å²) in [6.45, 7) is 0.789. The Balaban J connectivity index is 2.35. The summed E-state index contributed by atoms with van der Waals surface area (Å²) in [7, 11) is 5.66. The first-order chi connectivity index (χ1) is 9.26. The molecule has 0 aliphatic heterocycles. The van der Waals surface area contributed by atoms with Crippen molar-refractivity contribution in [2.45, 2.75) is 6.54 Å². The lowest BCUT2D eigenvalue weighted by Crippen LogP contribution is -2.15. The van der Waals surface area contributed by atoms with Crippen LogP contribution in [-0.4, -0.2) is 26.2 Å². The van der Waals surface area contributed by atoms with E-state index in [4.69, 9.17) is 4.74 Å². The second-order valence-corrected chi connectivity index (χ2v) is 4.30. The largest absolute Gasteiger partial charge is 0.497 e. The van der Waals surface area contributed by atoms with Crippen LogP contribution in [0.5, 0.6) is 5.75 Å². The highest BCUT2D eigenvalue weighted by Gasteiger charge is 2.09. The summed E-state index contributed by atoms with van der Waals surface area (Å²) < 4.78 is 5.27. The van der Waals surface area contributed by atoms with Crippen LogP contribution in [0.4, 0.5) is 11.4 Å². The lowest BCUT2D eigenvalue weighted by Gasteiger charge is -2.22. The van der Waals surface area contributed by atoms with Gasteiger partial charge in [0.25, 0.3) is 0 Å². The van der Waals surface area contributed by atoms with Crippen LogP contribution in [0.3, 0.4) is 0 Å². The van der Waals surface area contributed by atoms with E-state index < -0.39 is 0 Å². The van der Waals surface area contributed by atoms with Crippen LogP contribution in [0.25, 0.3) is 0 Å². The van der Waals surface area contributed by atoms with Crippen LogP contribution in [0.15, 0.2) is 42.7 Å². The highest BCUT2D eigenvalue weighted by atomic mass is 16.5. The van der Waals surface area contributed by atoms with Crippen LogP contribution in [0.2, 0.25) is 0 Å². The molecule has 0 saturated heterocycles. The molecule has 0 atom stereocenters. The SMILES string of the molecule is CNCc1cnccc1N(C)c1cccc(OC)c1. The van der Waals surface area contributed by atoms with Crippen molar-refractivity contribution in [2.75, 3.05) is 26.1 Å². The summed E-state index contributed by atoms with van der Waals surface area (Å²) in [5.74, 6) is 0.855. The second kappa shape index (κ2) is 6.20. The van der Waals surface area contributed by atoms with Crippen LogP contribution < -0.4 is 15.0 Å². The molecule has 4 nitrogen and oxygen atoms in total. The summed E-state index contributed by atoms with van der Waals surface area (Å²) in [5, 5.41) is 3.16. The molecular formula is C15H19N3O. The number of methoxy groups -OCH3 is 1. The molecule has 0 saturated carbocycles. The highest BCUT2D eigenvalue weighted by molar-refractivity contribution is 5.66. The molecule has 2 aromatic rings. The zero-order valence-corrected chi connectivity index (χ0v) is 11.6. The van der Waals surface area contributed by atoms with E-state index in [1.807, 2.05) is 50.8 Å². The van der Waals surface area contributed by atoms with Crippen LogP contribution >= 0.6 is 0 Å². The van der Waals surface area contributed by atoms with E-state index >= 15 is 0 Å². The van der Waals surface area contributed by atoms with Crippen molar-refractivity contribution in [2.24, 2.45) is 0 Å². The lowest BCUT2D eigenvalue weighted by atomic mass is 10.2. The average molecular weight is 257 g/mol. The smallest absolute Gasteiger partial charge is 0.120 e. The molecule has 19 heavy (non-hydrogen) atoms. The summed E-state index contributed by atoms with van der Waals surface area (Å²) >= 11 is 0. The third-order valence-electron chi connectivity index (χ3n) is 3.05. The molecule has 1 N–H and O–H groups in total. The van der Waals surface area contributed by atoms with Gasteiger partial charge in [0.2, 0.25) is 0 Å². The quantitative estimate of drug-likeness (QED) is 0.893. The van der Waals surface area contributed by atoms with Crippen molar-refractivity contribution >= 4 is 11.4 Å². The van der Waals surface area contributed by atoms with E-state index in [1.54, 1.807) is 7.11 Å². The fourth-order valence-electron chi connectivity index (χ4n) is 2.03. The maximum atomic E-state index is 5.27. The summed E-state index contributed by atoms with van der Waals surface area (Å²) in [4.78, 5) is 6.32. The molecule has 0 aliphatic carbocycles. The molecular weight excluding hydrogens is 238 g/mol. The van der Waals surface area contributed by atoms with Gasteiger partial charge in [0.1, 0.15) is 5.75 Å². The van der Waals surface area contributed by atoms with E-state index in [2.05, 4.69) is 21.3 Å². The van der Waals surface area contributed by atoms with Gasteiger partial charge in [-0.1, -0.05) is 6.07 Å². The van der Waals surface area contributed by atoms with E-state index in [9.17, 15) is 0 Å². The molecule has 0 bridgehead atoms. The Morgan fingerprint density at radius 1 is 1.32 bits per heavy atom. The van der Waals surface area contributed by atoms with Crippen molar-refractivity contribution in [3.05, 3.63) is 48.3 Å². The number of hydrogen-bond acceptors (Lipinski definition) is 4. The molecule has 1 aromatic carbocycles. The van der Waals surface area contributed by atoms with Crippen LogP contribution in [0.1, 0.15) is 5.56 Å². The van der Waals surface area contributed by atoms with Gasteiger partial charge in [-0.25, -0.2) is 0 Å². The van der Waals surface area contributed by atoms with E-state index in [1.165, 1.54) is 0 Å². The molecule has 1 aromatic heterocycles. The first kappa shape index (κ1) is 13.4. The number of nitrogens with one attached hydrogen (secondary N) is 1. The molecule has 0 unspecified atom stereocenters. The van der Waals surface area contributed by atoms with E-state index in [0.29, 0.717) is 0 Å². The Kier molecular flexibility index (Phi) is 4.36. The number of ether oxygens (including phenoxy) is 1. The minimum atomic E-state index is 0.789. The fourth-order valence-corrected chi connectivity index (χ4v) is 2.03. The molecule has 0 amide bonds. The Labute approximate surface area is 114 Å². The van der Waals surface area contributed by atoms with Crippen molar-refractivity contribution < 1.29 is 4.74 Å². The molecule has 1 heterocycles. The van der Waals surface area contributed by atoms with E-state index in [0.717, 1.165) is 29.2 Å². The molecule has 0 radical (unpaired) electrons. The number of aromatic nitrogens is 1. The van der Waals surface area contributed by atoms with E-state index in [-0.39, 0.29) is 0 Å². The van der Waals surface area contributed by atoms with Gasteiger partial charge in [-0.2, -0.15) is 0 Å². The third kappa shape index (κ3) is 3.03. The van der Waals surface area contributed by atoms with Crippen molar-refractivity contribution in [1.29, 1.82) is 0 Å². The second-order valence-electron chi connectivity index (χ2n) is 4.30. The molecule has 100 valence electrons. The Morgan fingerprint density at radius 3 is 2.89 bits per heavy atom. The van der Waals surface area contributed by atoms with Gasteiger partial charge in [0.05, 0.1) is 7.11 Å². The minimum Gasteiger partial charge on any atom is -0.497 e. The van der Waals surface area contributed by atoms with Gasteiger partial charge in [0, 0.05) is 49.0 Å². The zero-order valence-electron chi connectivity index (χ0n) is 11.6. The number of nitrogens with zero attached hydrogens (tertiary/aromatic N) is 2. The Bertz CT molecular complexity index is 542. The van der Waals surface area contributed by atoms with Gasteiger partial charge >= 0.3 is 0 Å². The van der Waals surface area contributed by atoms with Gasteiger partial charge in [0.15, 0.2) is 0 Å². The van der Waals surface area contributed by atoms with Gasteiger partial charge in [-0.15, -0.1) is 0 Å². The molecule has 0 fully saturated rings. The predicted octanol–water partition coefficient (Wildman–Crippen LogP) is 2.58. The first-order valence-corrected chi connectivity index (χ1v) is 6.21. The molecule has 2 rings (SSSR count). The summed E-state index contributed by atoms with van der Waals surface area (Å²) in [6, 6.07) is 10.0. The molecule has 0 spiro atoms. The van der Waals surface area contributed by atoms with Crippen molar-refractivity contribution in [3.8, 4) is 5.75 Å². The molecule has 0 aliphatic rings. The average Bonchev–Trinajstić information content (AvgIpc) is 2.47. The predicted molar refractivity (Wildman–Crippen MR) is 78.1 cm³/mol. The Morgan fingerprint density at radius 2 is 2.16 bits per heavy atom. The topological polar surface area (TPSA) is 37.4 Å². The van der Waals surface area contributed by atoms with Crippen molar-refractivity contribution in [3.63, 3.8) is 0 Å². The lowest BCUT2D eigenvalue weighted by molar-refractivity contribution is 0.415. The minimum absolute atomic E-state index is 0.789. The fraction of sp³-hybridized carbons (Fsp3) is 0.267. The number of hydrogen-bond donors (Lipinski definition) is 1. The van der Waals surface area contributed by atoms with Gasteiger partial charge in [-0.05, 0) is 25.2 Å². The zero-order chi connectivity index (χ0) is 13.7. The Hall–Kier alpha value is -2.07. The van der Waals surface area contributed by atoms with Gasteiger partial charge in [-0.3, -0.25) is 4.98 Å². The van der Waals surface area contributed by atoms with Crippen LogP contribution in [0, 0.1) is 0 Å². The number of benzene rings is 1. The third-order valence-corrected chi connectivity index (χ3v) is 3.05.